The molecular formula is C18H15FN4O. The molecule has 2 atom stereocenters. The van der Waals surface area contributed by atoms with Crippen molar-refractivity contribution in [2.75, 3.05) is 0 Å². The van der Waals surface area contributed by atoms with Crippen LogP contribution < -0.4 is 0 Å². The summed E-state index contributed by atoms with van der Waals surface area (Å²) in [4.78, 5) is 23.8. The Morgan fingerprint density at radius 3 is 2.83 bits per heavy atom. The molecular weight excluding hydrogens is 307 g/mol. The van der Waals surface area contributed by atoms with Gasteiger partial charge in [-0.25, -0.2) is 14.4 Å². The fourth-order valence-corrected chi connectivity index (χ4v) is 2.69. The Kier molecular flexibility index (Phi) is 4.34. The molecule has 1 N–H and O–H groups in total. The molecule has 0 radical (unpaired) electrons. The van der Waals surface area contributed by atoms with Gasteiger partial charge in [-0.05, 0) is 29.7 Å². The Labute approximate surface area is 138 Å². The maximum absolute atomic E-state index is 13.8. The van der Waals surface area contributed by atoms with Gasteiger partial charge in [0.25, 0.3) is 0 Å². The Hall–Kier alpha value is -3.07. The van der Waals surface area contributed by atoms with Crippen LogP contribution in [0.4, 0.5) is 4.39 Å². The molecule has 2 heterocycles. The van der Waals surface area contributed by atoms with E-state index < -0.39 is 5.92 Å². The topological polar surface area (TPSA) is 82.4 Å². The number of nitrogens with zero attached hydrogens (tertiary/aromatic N) is 3. The molecule has 5 nitrogen and oxygen atoms in total. The molecule has 24 heavy (non-hydrogen) atoms. The molecule has 0 aliphatic carbocycles. The number of nitrogens with one attached hydrogen (secondary N) is 1. The first kappa shape index (κ1) is 15.8. The summed E-state index contributed by atoms with van der Waals surface area (Å²) in [6.45, 7) is 1.77. The maximum atomic E-state index is 13.8. The number of H-pyrrole nitrogens is 1. The van der Waals surface area contributed by atoms with E-state index in [-0.39, 0.29) is 29.8 Å². The molecule has 0 bridgehead atoms. The van der Waals surface area contributed by atoms with Crippen LogP contribution in [0.15, 0.2) is 42.6 Å². The fraction of sp³-hybridized carbons (Fsp3) is 0.222. The number of hydrogen-bond acceptors (Lipinski definition) is 4. The highest BCUT2D eigenvalue weighted by atomic mass is 19.1. The third-order valence-electron chi connectivity index (χ3n) is 3.94. The second-order valence-corrected chi connectivity index (χ2v) is 5.65. The van der Waals surface area contributed by atoms with Crippen LogP contribution in [0.2, 0.25) is 0 Å². The molecule has 0 aliphatic heterocycles. The lowest BCUT2D eigenvalue weighted by Crippen LogP contribution is -2.15. The van der Waals surface area contributed by atoms with Gasteiger partial charge in [-0.2, -0.15) is 5.26 Å². The Bertz CT molecular complexity index is 895. The van der Waals surface area contributed by atoms with Crippen molar-refractivity contribution in [2.24, 2.45) is 0 Å². The van der Waals surface area contributed by atoms with E-state index in [0.29, 0.717) is 16.7 Å². The summed E-state index contributed by atoms with van der Waals surface area (Å²) in [5.74, 6) is -1.71. The van der Waals surface area contributed by atoms with Crippen LogP contribution in [0.3, 0.4) is 0 Å². The van der Waals surface area contributed by atoms with E-state index in [9.17, 15) is 14.4 Å². The van der Waals surface area contributed by atoms with Gasteiger partial charge in [0.15, 0.2) is 17.3 Å². The number of carbonyl (C=O) groups is 1. The van der Waals surface area contributed by atoms with Gasteiger partial charge in [0.2, 0.25) is 0 Å². The number of imidazole rings is 1. The van der Waals surface area contributed by atoms with Crippen LogP contribution >= 0.6 is 0 Å². The maximum Gasteiger partial charge on any atom is 0.177 e. The molecule has 0 amide bonds. The van der Waals surface area contributed by atoms with Gasteiger partial charge in [-0.15, -0.1) is 0 Å². The minimum Gasteiger partial charge on any atom is -0.339 e. The van der Waals surface area contributed by atoms with Gasteiger partial charge in [-0.3, -0.25) is 4.79 Å². The second-order valence-electron chi connectivity index (χ2n) is 5.65. The lowest BCUT2D eigenvalue weighted by atomic mass is 9.90. The number of ketones is 1. The third-order valence-corrected chi connectivity index (χ3v) is 3.94. The van der Waals surface area contributed by atoms with Crippen molar-refractivity contribution >= 4 is 16.9 Å². The zero-order chi connectivity index (χ0) is 17.1. The molecule has 1 aromatic carbocycles. The number of pyridine rings is 1. The predicted molar refractivity (Wildman–Crippen MR) is 86.7 cm³/mol. The molecule has 2 aromatic heterocycles. The summed E-state index contributed by atoms with van der Waals surface area (Å²) in [5, 5.41) is 9.39. The molecule has 3 rings (SSSR count). The van der Waals surface area contributed by atoms with Crippen molar-refractivity contribution in [1.82, 2.24) is 15.0 Å². The molecule has 0 aliphatic rings. The number of aromatic nitrogens is 3. The minimum absolute atomic E-state index is 0.0592. The summed E-state index contributed by atoms with van der Waals surface area (Å²) in [7, 11) is 0. The molecule has 120 valence electrons. The number of carbonyl (C=O) groups excluding carboxylic acids is 1. The summed E-state index contributed by atoms with van der Waals surface area (Å²) >= 11 is 0. The molecule has 0 spiro atoms. The first-order chi connectivity index (χ1) is 11.6. The normalized spacial score (nSPS) is 13.4. The molecule has 0 saturated heterocycles. The Morgan fingerprint density at radius 1 is 1.33 bits per heavy atom. The third kappa shape index (κ3) is 3.01. The predicted octanol–water partition coefficient (Wildman–Crippen LogP) is 3.47. The first-order valence-corrected chi connectivity index (χ1v) is 7.57. The largest absolute Gasteiger partial charge is 0.339 e. The second kappa shape index (κ2) is 6.59. The standard InChI is InChI=1S/C18H15FN4O/c1-11(12-5-2-3-6-14(12)19)9-16(24)13(10-20)17-22-15-7-4-8-21-18(15)23-17/h2-8,11,13H,9H2,1H3,(H,21,22,23)/t11-,13-/m0/s1. The van der Waals surface area contributed by atoms with Crippen LogP contribution in [0.5, 0.6) is 0 Å². The number of halogens is 1. The van der Waals surface area contributed by atoms with E-state index in [4.69, 9.17) is 0 Å². The molecule has 6 heteroatoms. The van der Waals surface area contributed by atoms with E-state index >= 15 is 0 Å². The monoisotopic (exact) mass is 322 g/mol. The number of aromatic amines is 1. The smallest absolute Gasteiger partial charge is 0.177 e. The quantitative estimate of drug-likeness (QED) is 0.779. The van der Waals surface area contributed by atoms with Crippen LogP contribution in [0.1, 0.15) is 36.6 Å². The van der Waals surface area contributed by atoms with Crippen molar-refractivity contribution in [3.8, 4) is 6.07 Å². The van der Waals surface area contributed by atoms with Crippen molar-refractivity contribution < 1.29 is 9.18 Å². The van der Waals surface area contributed by atoms with Gasteiger partial charge < -0.3 is 4.98 Å². The Morgan fingerprint density at radius 2 is 2.12 bits per heavy atom. The highest BCUT2D eigenvalue weighted by Crippen LogP contribution is 2.26. The van der Waals surface area contributed by atoms with E-state index in [1.807, 2.05) is 6.07 Å². The van der Waals surface area contributed by atoms with Crippen LogP contribution in [0.25, 0.3) is 11.2 Å². The molecule has 3 aromatic rings. The highest BCUT2D eigenvalue weighted by molar-refractivity contribution is 5.89. The van der Waals surface area contributed by atoms with Crippen molar-refractivity contribution in [1.29, 1.82) is 5.26 Å². The summed E-state index contributed by atoms with van der Waals surface area (Å²) < 4.78 is 13.8. The molecule has 0 fully saturated rings. The van der Waals surface area contributed by atoms with E-state index in [1.54, 1.807) is 43.5 Å². The van der Waals surface area contributed by atoms with Gasteiger partial charge in [-0.1, -0.05) is 25.1 Å². The zero-order valence-corrected chi connectivity index (χ0v) is 13.0. The number of nitriles is 1. The zero-order valence-electron chi connectivity index (χ0n) is 13.0. The average molecular weight is 322 g/mol. The summed E-state index contributed by atoms with van der Waals surface area (Å²) in [6, 6.07) is 11.9. The highest BCUT2D eigenvalue weighted by Gasteiger charge is 2.26. The number of Topliss-reactive ketones (excluding diaryl/α,β-unsaturated/α-hetero) is 1. The number of rotatable bonds is 5. The first-order valence-electron chi connectivity index (χ1n) is 7.57. The van der Waals surface area contributed by atoms with Crippen molar-refractivity contribution in [3.63, 3.8) is 0 Å². The number of hydrogen-bond donors (Lipinski definition) is 1. The summed E-state index contributed by atoms with van der Waals surface area (Å²) in [6.07, 6.45) is 1.65. The minimum atomic E-state index is -1.02. The SMILES string of the molecule is C[C@@H](CC(=O)[C@H](C#N)c1nc2ncccc2[nH]1)c1ccccc1F. The van der Waals surface area contributed by atoms with Gasteiger partial charge in [0.1, 0.15) is 11.6 Å². The summed E-state index contributed by atoms with van der Waals surface area (Å²) in [5.41, 5.74) is 1.60. The average Bonchev–Trinajstić information content (AvgIpc) is 2.99. The fourth-order valence-electron chi connectivity index (χ4n) is 2.69. The van der Waals surface area contributed by atoms with Gasteiger partial charge >= 0.3 is 0 Å². The number of benzene rings is 1. The van der Waals surface area contributed by atoms with Crippen molar-refractivity contribution in [2.45, 2.75) is 25.2 Å². The Balaban J connectivity index is 1.82. The van der Waals surface area contributed by atoms with Gasteiger partial charge in [0.05, 0.1) is 11.6 Å². The van der Waals surface area contributed by atoms with Gasteiger partial charge in [0, 0.05) is 12.6 Å². The lowest BCUT2D eigenvalue weighted by Gasteiger charge is -2.13. The van der Waals surface area contributed by atoms with Crippen molar-refractivity contribution in [3.05, 3.63) is 59.8 Å². The lowest BCUT2D eigenvalue weighted by molar-refractivity contribution is -0.119. The van der Waals surface area contributed by atoms with Crippen LogP contribution in [-0.2, 0) is 4.79 Å². The number of fused-ring (bicyclic) bond motifs is 1. The van der Waals surface area contributed by atoms with Crippen LogP contribution in [-0.4, -0.2) is 20.7 Å². The van der Waals surface area contributed by atoms with Crippen LogP contribution in [0, 0.1) is 17.1 Å². The molecule has 0 saturated carbocycles. The molecule has 0 unspecified atom stereocenters. The van der Waals surface area contributed by atoms with E-state index in [2.05, 4.69) is 15.0 Å². The van der Waals surface area contributed by atoms with E-state index in [0.717, 1.165) is 0 Å². The van der Waals surface area contributed by atoms with E-state index in [1.165, 1.54) is 6.07 Å².